The van der Waals surface area contributed by atoms with Crippen LogP contribution in [0.3, 0.4) is 0 Å². The second-order valence-electron chi connectivity index (χ2n) is 15.0. The molecule has 47 heavy (non-hydrogen) atoms. The lowest BCUT2D eigenvalue weighted by Gasteiger charge is -2.22. The highest BCUT2D eigenvalue weighted by Gasteiger charge is 2.13. The van der Waals surface area contributed by atoms with E-state index in [1.54, 1.807) is 0 Å². The van der Waals surface area contributed by atoms with Crippen LogP contribution >= 0.6 is 0 Å². The third-order valence-corrected chi connectivity index (χ3v) is 10.3. The Bertz CT molecular complexity index is 619. The quantitative estimate of drug-likeness (QED) is 0.0485. The number of allylic oxidation sites excluding steroid dienone is 4. The largest absolute Gasteiger partial charge is 0.353 e. The Morgan fingerprint density at radius 3 is 1.11 bits per heavy atom. The first-order valence-corrected chi connectivity index (χ1v) is 22.0. The van der Waals surface area contributed by atoms with Crippen LogP contribution in [0.5, 0.6) is 0 Å². The number of ether oxygens (including phenoxy) is 2. The normalized spacial score (nSPS) is 15.5. The first-order chi connectivity index (χ1) is 23.4. The van der Waals surface area contributed by atoms with E-state index in [2.05, 4.69) is 31.2 Å². The molecule has 1 saturated heterocycles. The van der Waals surface area contributed by atoms with Crippen molar-refractivity contribution in [2.75, 3.05) is 13.2 Å². The van der Waals surface area contributed by atoms with E-state index in [-0.39, 0.29) is 6.29 Å². The number of hydrogen-bond acceptors (Lipinski definition) is 2. The molecule has 1 aliphatic heterocycles. The highest BCUT2D eigenvalue weighted by atomic mass is 16.7. The lowest BCUT2D eigenvalue weighted by molar-refractivity contribution is -0.162. The molecule has 1 atom stereocenters. The molecular weight excluding hydrogens is 572 g/mol. The smallest absolute Gasteiger partial charge is 0.157 e. The lowest BCUT2D eigenvalue weighted by atomic mass is 10.0. The monoisotopic (exact) mass is 659 g/mol. The van der Waals surface area contributed by atoms with Crippen molar-refractivity contribution in [3.05, 3.63) is 24.3 Å². The minimum Gasteiger partial charge on any atom is -0.353 e. The van der Waals surface area contributed by atoms with E-state index in [1.807, 2.05) is 0 Å². The molecule has 1 heterocycles. The molecule has 2 nitrogen and oxygen atoms in total. The Hall–Kier alpha value is -0.600. The molecule has 2 heteroatoms. The molecule has 0 aromatic carbocycles. The maximum Gasteiger partial charge on any atom is 0.157 e. The number of rotatable bonds is 38. The predicted octanol–water partition coefficient (Wildman–Crippen LogP) is 15.9. The molecule has 0 saturated carbocycles. The molecule has 0 aromatic rings. The summed E-state index contributed by atoms with van der Waals surface area (Å²) in [5.74, 6) is 0. The Morgan fingerprint density at radius 1 is 0.404 bits per heavy atom. The summed E-state index contributed by atoms with van der Waals surface area (Å²) in [6, 6.07) is 0. The van der Waals surface area contributed by atoms with Gasteiger partial charge in [0.15, 0.2) is 6.29 Å². The summed E-state index contributed by atoms with van der Waals surface area (Å²) in [5, 5.41) is 0. The molecule has 0 aliphatic carbocycles. The van der Waals surface area contributed by atoms with Crippen LogP contribution in [-0.4, -0.2) is 19.5 Å². The lowest BCUT2D eigenvalue weighted by Crippen LogP contribution is -2.22. The fourth-order valence-electron chi connectivity index (χ4n) is 7.02. The van der Waals surface area contributed by atoms with E-state index in [0.29, 0.717) is 0 Å². The summed E-state index contributed by atoms with van der Waals surface area (Å²) in [4.78, 5) is 0. The van der Waals surface area contributed by atoms with Gasteiger partial charge in [-0.15, -0.1) is 0 Å². The average molecular weight is 659 g/mol. The van der Waals surface area contributed by atoms with Crippen LogP contribution in [0.4, 0.5) is 0 Å². The highest BCUT2D eigenvalue weighted by molar-refractivity contribution is 4.88. The van der Waals surface area contributed by atoms with Gasteiger partial charge >= 0.3 is 0 Å². The van der Waals surface area contributed by atoms with Crippen LogP contribution in [0.25, 0.3) is 0 Å². The van der Waals surface area contributed by atoms with Crippen LogP contribution in [-0.2, 0) is 9.47 Å². The molecule has 0 amide bonds. The van der Waals surface area contributed by atoms with Crippen molar-refractivity contribution >= 4 is 0 Å². The van der Waals surface area contributed by atoms with Crippen LogP contribution < -0.4 is 0 Å². The van der Waals surface area contributed by atoms with Crippen molar-refractivity contribution in [1.29, 1.82) is 0 Å². The Morgan fingerprint density at radius 2 is 0.745 bits per heavy atom. The maximum absolute atomic E-state index is 5.83. The molecule has 0 aromatic heterocycles. The van der Waals surface area contributed by atoms with Crippen LogP contribution in [0, 0.1) is 0 Å². The third kappa shape index (κ3) is 36.5. The van der Waals surface area contributed by atoms with E-state index in [1.165, 1.54) is 231 Å². The summed E-state index contributed by atoms with van der Waals surface area (Å²) in [6.45, 7) is 4.08. The highest BCUT2D eigenvalue weighted by Crippen LogP contribution is 2.17. The average Bonchev–Trinajstić information content (AvgIpc) is 3.09. The first-order valence-electron chi connectivity index (χ1n) is 22.0. The molecule has 278 valence electrons. The first kappa shape index (κ1) is 44.4. The topological polar surface area (TPSA) is 18.5 Å². The van der Waals surface area contributed by atoms with Crippen LogP contribution in [0.15, 0.2) is 24.3 Å². The zero-order valence-electron chi connectivity index (χ0n) is 32.3. The maximum atomic E-state index is 5.83. The molecule has 1 aliphatic rings. The summed E-state index contributed by atoms with van der Waals surface area (Å²) in [5.41, 5.74) is 0. The fraction of sp³-hybridized carbons (Fsp3) is 0.911. The number of unbranched alkanes of at least 4 members (excludes halogenated alkanes) is 31. The van der Waals surface area contributed by atoms with Gasteiger partial charge < -0.3 is 9.47 Å². The van der Waals surface area contributed by atoms with Crippen LogP contribution in [0.2, 0.25) is 0 Å². The second-order valence-corrected chi connectivity index (χ2v) is 15.0. The minimum atomic E-state index is 0.0919. The molecule has 1 rings (SSSR count). The van der Waals surface area contributed by atoms with E-state index < -0.39 is 0 Å². The fourth-order valence-corrected chi connectivity index (χ4v) is 7.02. The Balaban J connectivity index is 1.65. The summed E-state index contributed by atoms with van der Waals surface area (Å²) in [7, 11) is 0. The summed E-state index contributed by atoms with van der Waals surface area (Å²) in [6.07, 6.45) is 61.3. The number of hydrogen-bond donors (Lipinski definition) is 0. The second kappa shape index (κ2) is 39.8. The minimum absolute atomic E-state index is 0.0919. The van der Waals surface area contributed by atoms with Gasteiger partial charge in [0.25, 0.3) is 0 Å². The SMILES string of the molecule is CCCCCCCCCCCCCCCCCCCCCC/C=C\CC/C=C\CCCCCCCCCCCCOC1CCCCO1. The van der Waals surface area contributed by atoms with Gasteiger partial charge in [-0.25, -0.2) is 0 Å². The van der Waals surface area contributed by atoms with Gasteiger partial charge in [-0.1, -0.05) is 205 Å². The van der Waals surface area contributed by atoms with Crippen molar-refractivity contribution in [3.8, 4) is 0 Å². The Kier molecular flexibility index (Phi) is 37.6. The standard InChI is InChI=1S/C45H86O2/c1-2-3-4-5-6-7-8-9-10-11-12-13-14-15-16-17-18-19-20-21-22-23-24-25-26-27-28-29-30-31-32-33-34-35-36-37-38-40-43-46-45-42-39-41-44-47-45/h23-24,27-28,45H,2-22,25-26,29-44H2,1H3/b24-23-,28-27-. The van der Waals surface area contributed by atoms with Gasteiger partial charge in [0.1, 0.15) is 0 Å². The van der Waals surface area contributed by atoms with Gasteiger partial charge in [0, 0.05) is 13.2 Å². The van der Waals surface area contributed by atoms with Crippen molar-refractivity contribution in [3.63, 3.8) is 0 Å². The summed E-state index contributed by atoms with van der Waals surface area (Å²) >= 11 is 0. The van der Waals surface area contributed by atoms with Crippen molar-refractivity contribution in [2.45, 2.75) is 251 Å². The van der Waals surface area contributed by atoms with E-state index >= 15 is 0 Å². The molecule has 0 radical (unpaired) electrons. The molecule has 0 bridgehead atoms. The molecule has 0 N–H and O–H groups in total. The third-order valence-electron chi connectivity index (χ3n) is 10.3. The molecule has 0 spiro atoms. The van der Waals surface area contributed by atoms with Gasteiger partial charge in [-0.2, -0.15) is 0 Å². The molecule has 1 unspecified atom stereocenters. The molecule has 1 fully saturated rings. The van der Waals surface area contributed by atoms with E-state index in [0.717, 1.165) is 19.6 Å². The zero-order valence-corrected chi connectivity index (χ0v) is 32.3. The van der Waals surface area contributed by atoms with Gasteiger partial charge in [-0.3, -0.25) is 0 Å². The van der Waals surface area contributed by atoms with Crippen molar-refractivity contribution < 1.29 is 9.47 Å². The van der Waals surface area contributed by atoms with Crippen molar-refractivity contribution in [2.24, 2.45) is 0 Å². The Labute approximate surface area is 297 Å². The van der Waals surface area contributed by atoms with E-state index in [9.17, 15) is 0 Å². The van der Waals surface area contributed by atoms with Crippen LogP contribution in [0.1, 0.15) is 244 Å². The zero-order chi connectivity index (χ0) is 33.4. The predicted molar refractivity (Wildman–Crippen MR) is 210 cm³/mol. The van der Waals surface area contributed by atoms with Crippen molar-refractivity contribution in [1.82, 2.24) is 0 Å². The van der Waals surface area contributed by atoms with Gasteiger partial charge in [0.2, 0.25) is 0 Å². The molecular formula is C45H86O2. The van der Waals surface area contributed by atoms with E-state index in [4.69, 9.17) is 9.47 Å². The summed E-state index contributed by atoms with van der Waals surface area (Å²) < 4.78 is 11.5. The van der Waals surface area contributed by atoms with Gasteiger partial charge in [0.05, 0.1) is 0 Å². The van der Waals surface area contributed by atoms with Gasteiger partial charge in [-0.05, 0) is 64.2 Å².